The van der Waals surface area contributed by atoms with Crippen LogP contribution in [0.1, 0.15) is 36.0 Å². The van der Waals surface area contributed by atoms with E-state index in [1.807, 2.05) is 31.2 Å². The minimum Gasteiger partial charge on any atom is -0.496 e. The average molecular weight is 357 g/mol. The number of aromatic amines is 1. The van der Waals surface area contributed by atoms with Crippen molar-refractivity contribution in [3.05, 3.63) is 41.5 Å². The molecule has 26 heavy (non-hydrogen) atoms. The van der Waals surface area contributed by atoms with E-state index in [0.29, 0.717) is 19.0 Å². The van der Waals surface area contributed by atoms with Crippen LogP contribution in [0.3, 0.4) is 0 Å². The highest BCUT2D eigenvalue weighted by Gasteiger charge is 2.25. The molecule has 2 heterocycles. The maximum Gasteiger partial charge on any atom is 0.234 e. The Balaban J connectivity index is 1.44. The van der Waals surface area contributed by atoms with Crippen molar-refractivity contribution in [3.8, 4) is 5.75 Å². The Morgan fingerprint density at radius 1 is 1.42 bits per heavy atom. The predicted octanol–water partition coefficient (Wildman–Crippen LogP) is 1.66. The molecule has 1 aromatic carbocycles. The fourth-order valence-corrected chi connectivity index (χ4v) is 3.46. The minimum atomic E-state index is 0.0618. The molecule has 3 rings (SSSR count). The average Bonchev–Trinajstić information content (AvgIpc) is 3.09. The summed E-state index contributed by atoms with van der Waals surface area (Å²) in [5, 5.41) is 10.2. The highest BCUT2D eigenvalue weighted by atomic mass is 16.5. The lowest BCUT2D eigenvalue weighted by atomic mass is 9.97. The summed E-state index contributed by atoms with van der Waals surface area (Å²) in [5.74, 6) is 2.93. The van der Waals surface area contributed by atoms with Gasteiger partial charge < -0.3 is 10.1 Å². The summed E-state index contributed by atoms with van der Waals surface area (Å²) in [6, 6.07) is 7.90. The summed E-state index contributed by atoms with van der Waals surface area (Å²) < 4.78 is 5.34. The number of aryl methyl sites for hydroxylation is 1. The molecular weight excluding hydrogens is 330 g/mol. The van der Waals surface area contributed by atoms with E-state index in [-0.39, 0.29) is 5.91 Å². The first-order chi connectivity index (χ1) is 12.7. The Labute approximate surface area is 154 Å². The van der Waals surface area contributed by atoms with Crippen LogP contribution >= 0.6 is 0 Å². The third kappa shape index (κ3) is 4.82. The number of likely N-dealkylation sites (tertiary alicyclic amines) is 1. The smallest absolute Gasteiger partial charge is 0.234 e. The molecule has 1 amide bonds. The molecular formula is C19H27N5O2. The van der Waals surface area contributed by atoms with Gasteiger partial charge in [0.2, 0.25) is 5.91 Å². The summed E-state index contributed by atoms with van der Waals surface area (Å²) in [5.41, 5.74) is 1.10. The number of amides is 1. The molecule has 0 spiro atoms. The van der Waals surface area contributed by atoms with Gasteiger partial charge in [-0.25, -0.2) is 4.98 Å². The van der Waals surface area contributed by atoms with Gasteiger partial charge in [-0.3, -0.25) is 14.8 Å². The van der Waals surface area contributed by atoms with Crippen LogP contribution in [0.25, 0.3) is 0 Å². The van der Waals surface area contributed by atoms with Crippen molar-refractivity contribution in [1.82, 2.24) is 25.4 Å². The van der Waals surface area contributed by atoms with Crippen LogP contribution in [-0.2, 0) is 11.2 Å². The van der Waals surface area contributed by atoms with E-state index in [0.717, 1.165) is 55.3 Å². The van der Waals surface area contributed by atoms with Crippen molar-refractivity contribution in [2.45, 2.75) is 32.1 Å². The second-order valence-corrected chi connectivity index (χ2v) is 6.77. The minimum absolute atomic E-state index is 0.0618. The van der Waals surface area contributed by atoms with Crippen molar-refractivity contribution < 1.29 is 9.53 Å². The van der Waals surface area contributed by atoms with Crippen LogP contribution in [0.4, 0.5) is 0 Å². The van der Waals surface area contributed by atoms with Crippen LogP contribution < -0.4 is 10.1 Å². The molecule has 1 atom stereocenters. The number of aromatic nitrogens is 3. The second kappa shape index (κ2) is 8.80. The maximum atomic E-state index is 12.3. The summed E-state index contributed by atoms with van der Waals surface area (Å²) >= 11 is 0. The van der Waals surface area contributed by atoms with E-state index in [9.17, 15) is 4.79 Å². The Hall–Kier alpha value is -2.41. The topological polar surface area (TPSA) is 83.1 Å². The molecule has 2 N–H and O–H groups in total. The van der Waals surface area contributed by atoms with Crippen LogP contribution in [0.5, 0.6) is 5.75 Å². The van der Waals surface area contributed by atoms with E-state index in [2.05, 4.69) is 25.4 Å². The number of hydrogen-bond donors (Lipinski definition) is 2. The molecule has 1 aliphatic heterocycles. The number of nitrogens with one attached hydrogen (secondary N) is 2. The molecule has 0 unspecified atom stereocenters. The van der Waals surface area contributed by atoms with Crippen molar-refractivity contribution >= 4 is 5.91 Å². The van der Waals surface area contributed by atoms with Crippen LogP contribution in [0, 0.1) is 6.92 Å². The van der Waals surface area contributed by atoms with Crippen LogP contribution in [0.15, 0.2) is 24.3 Å². The van der Waals surface area contributed by atoms with Gasteiger partial charge in [0.15, 0.2) is 5.82 Å². The lowest BCUT2D eigenvalue weighted by molar-refractivity contribution is -0.122. The summed E-state index contributed by atoms with van der Waals surface area (Å²) in [6.07, 6.45) is 2.89. The second-order valence-electron chi connectivity index (χ2n) is 6.77. The maximum absolute atomic E-state index is 12.3. The highest BCUT2D eigenvalue weighted by Crippen LogP contribution is 2.24. The quantitative estimate of drug-likeness (QED) is 0.787. The number of hydrogen-bond acceptors (Lipinski definition) is 5. The normalized spacial score (nSPS) is 17.8. The monoisotopic (exact) mass is 357 g/mol. The number of para-hydroxylation sites is 1. The molecule has 1 aliphatic rings. The zero-order valence-electron chi connectivity index (χ0n) is 15.5. The number of methoxy groups -OCH3 is 1. The van der Waals surface area contributed by atoms with Crippen LogP contribution in [-0.4, -0.2) is 59.3 Å². The number of nitrogens with zero attached hydrogens (tertiary/aromatic N) is 3. The molecule has 1 fully saturated rings. The lowest BCUT2D eigenvalue weighted by Gasteiger charge is -2.30. The van der Waals surface area contributed by atoms with Gasteiger partial charge in [0.1, 0.15) is 11.6 Å². The van der Waals surface area contributed by atoms with Crippen LogP contribution in [0.2, 0.25) is 0 Å². The van der Waals surface area contributed by atoms with Crippen molar-refractivity contribution in [1.29, 1.82) is 0 Å². The zero-order valence-corrected chi connectivity index (χ0v) is 15.5. The molecule has 2 aromatic rings. The van der Waals surface area contributed by atoms with E-state index in [1.165, 1.54) is 0 Å². The molecule has 1 aromatic heterocycles. The molecule has 140 valence electrons. The van der Waals surface area contributed by atoms with Gasteiger partial charge in [-0.2, -0.15) is 5.10 Å². The molecule has 0 radical (unpaired) electrons. The standard InChI is InChI=1S/C19H27N5O2/c1-14-21-19(23-22-14)16-7-5-11-24(12-16)13-18(25)20-10-9-15-6-3-4-8-17(15)26-2/h3-4,6,8,16H,5,7,9-13H2,1-2H3,(H,20,25)(H,21,22,23)/t16-/m0/s1. The van der Waals surface area contributed by atoms with E-state index >= 15 is 0 Å². The third-order valence-corrected chi connectivity index (χ3v) is 4.76. The van der Waals surface area contributed by atoms with E-state index in [4.69, 9.17) is 4.74 Å². The molecule has 1 saturated heterocycles. The van der Waals surface area contributed by atoms with Gasteiger partial charge in [-0.05, 0) is 44.4 Å². The number of carbonyl (C=O) groups excluding carboxylic acids is 1. The number of rotatable bonds is 7. The first-order valence-corrected chi connectivity index (χ1v) is 9.15. The summed E-state index contributed by atoms with van der Waals surface area (Å²) in [7, 11) is 1.67. The molecule has 7 nitrogen and oxygen atoms in total. The first kappa shape index (κ1) is 18.4. The molecule has 7 heteroatoms. The molecule has 0 aliphatic carbocycles. The van der Waals surface area contributed by atoms with Gasteiger partial charge in [0.05, 0.1) is 13.7 Å². The summed E-state index contributed by atoms with van der Waals surface area (Å²) in [4.78, 5) is 18.9. The number of H-pyrrole nitrogens is 1. The molecule has 0 saturated carbocycles. The Morgan fingerprint density at radius 2 is 2.27 bits per heavy atom. The van der Waals surface area contributed by atoms with Gasteiger partial charge in [0, 0.05) is 19.0 Å². The third-order valence-electron chi connectivity index (χ3n) is 4.76. The zero-order chi connectivity index (χ0) is 18.4. The van der Waals surface area contributed by atoms with Gasteiger partial charge in [-0.1, -0.05) is 18.2 Å². The Morgan fingerprint density at radius 3 is 3.04 bits per heavy atom. The number of benzene rings is 1. The molecule has 0 bridgehead atoms. The highest BCUT2D eigenvalue weighted by molar-refractivity contribution is 5.78. The summed E-state index contributed by atoms with van der Waals surface area (Å²) in [6.45, 7) is 4.71. The lowest BCUT2D eigenvalue weighted by Crippen LogP contribution is -2.42. The van der Waals surface area contributed by atoms with E-state index in [1.54, 1.807) is 7.11 Å². The fraction of sp³-hybridized carbons (Fsp3) is 0.526. The van der Waals surface area contributed by atoms with Gasteiger partial charge in [0.25, 0.3) is 0 Å². The largest absolute Gasteiger partial charge is 0.496 e. The van der Waals surface area contributed by atoms with Gasteiger partial charge in [-0.15, -0.1) is 0 Å². The Kier molecular flexibility index (Phi) is 6.22. The Bertz CT molecular complexity index is 730. The number of carbonyl (C=O) groups is 1. The number of ether oxygens (including phenoxy) is 1. The van der Waals surface area contributed by atoms with Crippen molar-refractivity contribution in [2.75, 3.05) is 33.3 Å². The predicted molar refractivity (Wildman–Crippen MR) is 99.2 cm³/mol. The van der Waals surface area contributed by atoms with Crippen molar-refractivity contribution in [2.24, 2.45) is 0 Å². The fourth-order valence-electron chi connectivity index (χ4n) is 3.46. The number of piperidine rings is 1. The van der Waals surface area contributed by atoms with E-state index < -0.39 is 0 Å². The first-order valence-electron chi connectivity index (χ1n) is 9.15. The van der Waals surface area contributed by atoms with Crippen molar-refractivity contribution in [3.63, 3.8) is 0 Å². The van der Waals surface area contributed by atoms with Gasteiger partial charge >= 0.3 is 0 Å². The SMILES string of the molecule is COc1ccccc1CCNC(=O)CN1CCC[C@H](c2n[nH]c(C)n2)C1.